The summed E-state index contributed by atoms with van der Waals surface area (Å²) in [4.78, 5) is 0. The molecule has 1 nitrogen and oxygen atoms in total. The minimum absolute atomic E-state index is 0. The molecule has 0 aliphatic carbocycles. The van der Waals surface area contributed by atoms with Crippen molar-refractivity contribution in [2.24, 2.45) is 0 Å². The molecule has 0 spiro atoms. The summed E-state index contributed by atoms with van der Waals surface area (Å²) in [5.41, 5.74) is 0. The molecule has 0 aromatic heterocycles. The van der Waals surface area contributed by atoms with Gasteiger partial charge in [-0.2, -0.15) is 0 Å². The fraction of sp³-hybridized carbons (Fsp3) is 0. The number of hydrogen-bond donors (Lipinski definition) is 0. The maximum atomic E-state index is 8.00. The summed E-state index contributed by atoms with van der Waals surface area (Å²) in [6.07, 6.45) is 0. The fourth-order valence-corrected chi connectivity index (χ4v) is 0. The Balaban J connectivity index is -0.000000000833. The van der Waals surface area contributed by atoms with Gasteiger partial charge in [-0.25, -0.2) is 0 Å². The van der Waals surface area contributed by atoms with Crippen molar-refractivity contribution in [3.63, 3.8) is 0 Å². The first-order chi connectivity index (χ1) is 1.00. The zero-order chi connectivity index (χ0) is 2.00. The molecule has 0 amide bonds. The fourth-order valence-electron chi connectivity index (χ4n) is 0. The predicted molar refractivity (Wildman–Crippen MR) is 8.66 cm³/mol. The van der Waals surface area contributed by atoms with E-state index >= 15 is 0 Å². The third-order valence-corrected chi connectivity index (χ3v) is 0. The molecule has 0 aliphatic rings. The van der Waals surface area contributed by atoms with Crippen LogP contribution in [0.1, 0.15) is 2.85 Å². The smallest absolute Gasteiger partial charge is 0 e. The number of rotatable bonds is 0. The molecule has 0 N–H and O–H groups in total. The van der Waals surface area contributed by atoms with Crippen molar-refractivity contribution < 1.29 is 44.4 Å². The minimum Gasteiger partial charge on any atom is 0 e. The average molecular weight is 209 g/mol. The maximum absolute atomic E-state index is 8.00. The van der Waals surface area contributed by atoms with Crippen LogP contribution in [0.15, 0.2) is 0 Å². The average Bonchev–Trinajstić information content (AvgIpc) is 1.00. The summed E-state index contributed by atoms with van der Waals surface area (Å²) in [6.45, 7) is 0. The Labute approximate surface area is 88.0 Å². The molecule has 0 saturated heterocycles. The Morgan fingerprint density at radius 3 is 1.50 bits per heavy atom. The van der Waals surface area contributed by atoms with Gasteiger partial charge in [-0.1, -0.05) is 0 Å². The number of hydrogen-bond acceptors (Lipinski definition) is 1. The van der Waals surface area contributed by atoms with E-state index in [-0.39, 0.29) is 70.1 Å². The molecule has 0 heterocycles. The second-order valence-electron chi connectivity index (χ2n) is 0. The van der Waals surface area contributed by atoms with Crippen molar-refractivity contribution in [2.45, 2.75) is 0 Å². The van der Waals surface area contributed by atoms with Gasteiger partial charge < -0.3 is 2.85 Å². The van der Waals surface area contributed by atoms with E-state index in [1.54, 1.807) is 0 Å². The van der Waals surface area contributed by atoms with E-state index in [1.165, 1.54) is 0 Å². The van der Waals surface area contributed by atoms with Crippen LogP contribution in [0.4, 0.5) is 0 Å². The molecular weight excluding hydrogens is 207 g/mol. The molecule has 0 bridgehead atoms. The summed E-state index contributed by atoms with van der Waals surface area (Å²) < 4.78 is 8.00. The Morgan fingerprint density at radius 2 is 1.50 bits per heavy atom. The summed E-state index contributed by atoms with van der Waals surface area (Å²) in [7, 11) is 0. The van der Waals surface area contributed by atoms with E-state index in [4.69, 9.17) is 3.83 Å². The van der Waals surface area contributed by atoms with Crippen molar-refractivity contribution in [2.75, 3.05) is 0 Å². The first kappa shape index (κ1) is 16.0. The van der Waals surface area contributed by atoms with E-state index in [2.05, 4.69) is 0 Å². The molecule has 0 aromatic carbocycles. The predicted octanol–water partition coefficient (Wildman–Crippen LogP) is -0.280. The van der Waals surface area contributed by atoms with Crippen LogP contribution in [-0.2, 0) is 41.5 Å². The van der Waals surface area contributed by atoms with Crippen LogP contribution in [0.25, 0.3) is 0 Å². The third-order valence-electron chi connectivity index (χ3n) is 0. The van der Waals surface area contributed by atoms with Crippen molar-refractivity contribution >= 4 is 45.5 Å². The molecule has 22 valence electrons. The van der Waals surface area contributed by atoms with Crippen LogP contribution in [-0.4, -0.2) is 45.5 Å². The zero-order valence-electron chi connectivity index (χ0n) is 3.97. The molecule has 0 fully saturated rings. The Hall–Kier alpha value is 2.51. The molecule has 0 aliphatic heterocycles. The topological polar surface area (TPSA) is 17.1 Å². The molecule has 4 heavy (non-hydrogen) atoms. The molecular formula is H2FeOSrTi. The third kappa shape index (κ3) is 8.82. The Kier molecular flexibility index (Phi) is 71.3. The second-order valence-corrected chi connectivity index (χ2v) is 0. The van der Waals surface area contributed by atoms with Crippen molar-refractivity contribution in [3.05, 3.63) is 0 Å². The van der Waals surface area contributed by atoms with E-state index in [0.717, 1.165) is 0 Å². The molecule has 0 atom stereocenters. The molecule has 0 rings (SSSR count). The van der Waals surface area contributed by atoms with Crippen LogP contribution in [0.3, 0.4) is 0 Å². The van der Waals surface area contributed by atoms with Crippen LogP contribution in [0, 0.1) is 0 Å². The molecule has 4 heteroatoms. The zero-order valence-corrected chi connectivity index (χ0v) is 8.11. The van der Waals surface area contributed by atoms with Gasteiger partial charge in [0.25, 0.3) is 0 Å². The Bertz CT molecular complexity index is 13.5. The summed E-state index contributed by atoms with van der Waals surface area (Å²) in [6, 6.07) is 0. The molecule has 0 radical (unpaired) electrons. The molecule has 0 unspecified atom stereocenters. The minimum atomic E-state index is 0. The second kappa shape index (κ2) is 17.8. The Morgan fingerprint density at radius 1 is 1.50 bits per heavy atom. The first-order valence-electron chi connectivity index (χ1n) is 0.144. The normalized spacial score (nSPS) is 1.25. The van der Waals surface area contributed by atoms with Gasteiger partial charge in [0, 0.05) is 21.7 Å². The van der Waals surface area contributed by atoms with Crippen LogP contribution in [0.5, 0.6) is 0 Å². The van der Waals surface area contributed by atoms with Gasteiger partial charge in [-0.15, -0.1) is 0 Å². The van der Waals surface area contributed by atoms with E-state index in [9.17, 15) is 0 Å². The summed E-state index contributed by atoms with van der Waals surface area (Å²) >= 11 is 2.00. The van der Waals surface area contributed by atoms with E-state index in [1.807, 2.05) is 15.9 Å². The SMILES string of the molecule is [H-].[H-].[O]=[Fe].[Sr+2].[Ti]. The van der Waals surface area contributed by atoms with Gasteiger partial charge in [-0.3, -0.25) is 0 Å². The quantitative estimate of drug-likeness (QED) is 0.502. The van der Waals surface area contributed by atoms with Crippen molar-refractivity contribution in [1.29, 1.82) is 0 Å². The van der Waals surface area contributed by atoms with Crippen LogP contribution >= 0.6 is 0 Å². The van der Waals surface area contributed by atoms with E-state index < -0.39 is 0 Å². The summed E-state index contributed by atoms with van der Waals surface area (Å²) in [5, 5.41) is 0. The van der Waals surface area contributed by atoms with Crippen LogP contribution in [0.2, 0.25) is 0 Å². The van der Waals surface area contributed by atoms with Gasteiger partial charge in [0.05, 0.1) is 0 Å². The van der Waals surface area contributed by atoms with Crippen molar-refractivity contribution in [1.82, 2.24) is 0 Å². The van der Waals surface area contributed by atoms with Gasteiger partial charge in [0.2, 0.25) is 0 Å². The van der Waals surface area contributed by atoms with E-state index in [0.29, 0.717) is 0 Å². The molecule has 0 aromatic rings. The largest absolute Gasteiger partial charge is 2.00 e. The van der Waals surface area contributed by atoms with Gasteiger partial charge in [-0.05, 0) is 0 Å². The molecule has 0 saturated carbocycles. The van der Waals surface area contributed by atoms with Crippen molar-refractivity contribution in [3.8, 4) is 0 Å². The van der Waals surface area contributed by atoms with Gasteiger partial charge in [0.15, 0.2) is 0 Å². The monoisotopic (exact) mass is 210 g/mol. The standard InChI is InChI=1S/Fe.O.Sr.Ti.2H/q;;+2;;2*-1. The maximum Gasteiger partial charge on any atom is 2.00 e. The first-order valence-corrected chi connectivity index (χ1v) is 0.595. The van der Waals surface area contributed by atoms with Gasteiger partial charge in [0.1, 0.15) is 0 Å². The van der Waals surface area contributed by atoms with Gasteiger partial charge >= 0.3 is 65.3 Å². The van der Waals surface area contributed by atoms with Crippen LogP contribution < -0.4 is 0 Å². The summed E-state index contributed by atoms with van der Waals surface area (Å²) in [5.74, 6) is 0.